The molecule has 0 fully saturated rings. The van der Waals surface area contributed by atoms with Gasteiger partial charge in [0.05, 0.1) is 58.2 Å². The molecule has 0 aliphatic rings. The fourth-order valence-electron chi connectivity index (χ4n) is 12.4. The lowest BCUT2D eigenvalue weighted by Gasteiger charge is -2.28. The van der Waals surface area contributed by atoms with Crippen LogP contribution < -0.4 is 119 Å². The minimum absolute atomic E-state index is 0.0196. The van der Waals surface area contributed by atoms with Gasteiger partial charge in [-0.1, -0.05) is 65.8 Å². The van der Waals surface area contributed by atoms with Gasteiger partial charge in [0.2, 0.25) is 94.5 Å². The van der Waals surface area contributed by atoms with Gasteiger partial charge in [-0.3, -0.25) is 97.6 Å². The Morgan fingerprint density at radius 3 is 0.969 bits per heavy atom. The first-order chi connectivity index (χ1) is 60.8. The molecule has 50 nitrogen and oxygen atoms in total. The number of hydrogen-bond donors (Lipinski definition) is 31. The maximum Gasteiger partial charge on any atom is 0.328 e. The summed E-state index contributed by atoms with van der Waals surface area (Å²) in [5, 5.41) is 124. The van der Waals surface area contributed by atoms with E-state index < -0.39 is 255 Å². The molecule has 0 saturated heterocycles. The number of benzene rings is 2. The highest BCUT2D eigenvalue weighted by Gasteiger charge is 2.39. The van der Waals surface area contributed by atoms with E-state index in [2.05, 4.69) is 69.2 Å². The number of primary amides is 1. The fourth-order valence-corrected chi connectivity index (χ4v) is 12.4. The van der Waals surface area contributed by atoms with Crippen molar-refractivity contribution in [1.82, 2.24) is 90.5 Å². The van der Waals surface area contributed by atoms with Crippen LogP contribution in [0.15, 0.2) is 48.5 Å². The predicted octanol–water partition coefficient (Wildman–Crippen LogP) is -10.2. The average molecular weight is 1830 g/mol. The van der Waals surface area contributed by atoms with Crippen LogP contribution >= 0.6 is 0 Å². The maximum atomic E-state index is 14.6. The van der Waals surface area contributed by atoms with Gasteiger partial charge in [0, 0.05) is 19.4 Å². The Balaban J connectivity index is 2.37. The number of unbranched alkanes of at least 4 members (excludes halogenated alkanes) is 2. The molecular weight excluding hydrogens is 1700 g/mol. The quantitative estimate of drug-likeness (QED) is 0.00961. The molecule has 8 unspecified atom stereocenters. The first-order valence-electron chi connectivity index (χ1n) is 41.5. The third kappa shape index (κ3) is 44.3. The van der Waals surface area contributed by atoms with Gasteiger partial charge >= 0.3 is 17.9 Å². The predicted molar refractivity (Wildman–Crippen MR) is 456 cm³/mol. The number of nitrogens with one attached hydrogen (secondary N) is 18. The van der Waals surface area contributed by atoms with Crippen molar-refractivity contribution in [1.29, 1.82) is 5.41 Å². The summed E-state index contributed by atoms with van der Waals surface area (Å²) in [6.45, 7) is 4.96. The number of aliphatic hydroxyl groups is 3. The molecule has 0 aliphatic heterocycles. The van der Waals surface area contributed by atoms with Crippen LogP contribution in [0.25, 0.3) is 0 Å². The van der Waals surface area contributed by atoms with Crippen LogP contribution in [0.3, 0.4) is 0 Å². The number of phenols is 2. The van der Waals surface area contributed by atoms with E-state index in [9.17, 15) is 132 Å². The number of hydrazine groups is 1. The molecule has 129 heavy (non-hydrogen) atoms. The minimum Gasteiger partial charge on any atom is -0.508 e. The Kier molecular flexibility index (Phi) is 51.3. The van der Waals surface area contributed by atoms with Crippen LogP contribution in [0, 0.1) is 23.2 Å². The van der Waals surface area contributed by atoms with E-state index in [0.717, 1.165) is 0 Å². The number of aliphatic hydroxyl groups excluding tert-OH is 3. The number of hydrogen-bond acceptors (Lipinski definition) is 29. The van der Waals surface area contributed by atoms with Crippen LogP contribution in [0.5, 0.6) is 11.5 Å². The summed E-state index contributed by atoms with van der Waals surface area (Å²) in [7, 11) is 0. The van der Waals surface area contributed by atoms with E-state index in [1.54, 1.807) is 41.5 Å². The van der Waals surface area contributed by atoms with Crippen LogP contribution in [0.2, 0.25) is 0 Å². The van der Waals surface area contributed by atoms with Gasteiger partial charge in [0.25, 0.3) is 0 Å². The second kappa shape index (κ2) is 59.1. The Labute approximate surface area is 742 Å². The number of amides is 16. The maximum absolute atomic E-state index is 14.6. The van der Waals surface area contributed by atoms with Crippen LogP contribution in [-0.2, 0) is 104 Å². The molecule has 0 bridgehead atoms. The van der Waals surface area contributed by atoms with Crippen molar-refractivity contribution in [2.45, 2.75) is 229 Å². The van der Waals surface area contributed by atoms with E-state index in [1.807, 2.05) is 21.3 Å². The van der Waals surface area contributed by atoms with Gasteiger partial charge in [0.1, 0.15) is 90.0 Å². The molecule has 0 spiro atoms. The summed E-state index contributed by atoms with van der Waals surface area (Å²) in [5.41, 5.74) is 25.6. The van der Waals surface area contributed by atoms with Gasteiger partial charge < -0.3 is 149 Å². The normalized spacial score (nSPS) is 14.3. The molecule has 16 amide bonds. The van der Waals surface area contributed by atoms with Gasteiger partial charge in [-0.25, -0.2) is 10.2 Å². The zero-order chi connectivity index (χ0) is 97.3. The van der Waals surface area contributed by atoms with E-state index in [4.69, 9.17) is 34.2 Å². The number of aromatic hydroxyl groups is 2. The molecular formula is C79H127N23O27. The lowest BCUT2D eigenvalue weighted by molar-refractivity contribution is -0.143. The number of carboxylic acids is 3. The summed E-state index contributed by atoms with van der Waals surface area (Å²) in [6, 6.07) is -12.8. The van der Waals surface area contributed by atoms with E-state index in [1.165, 1.54) is 48.5 Å². The Morgan fingerprint density at radius 2 is 0.612 bits per heavy atom. The van der Waals surface area contributed by atoms with Crippen molar-refractivity contribution in [3.63, 3.8) is 0 Å². The lowest BCUT2D eigenvalue weighted by atomic mass is 9.99. The van der Waals surface area contributed by atoms with Crippen LogP contribution in [-0.4, -0.2) is 296 Å². The minimum atomic E-state index is -2.25. The molecule has 0 heterocycles. The summed E-state index contributed by atoms with van der Waals surface area (Å²) < 4.78 is 0. The number of carboxylic acid groups (broad SMARTS) is 3. The fraction of sp³-hybridized carbons (Fsp3) is 0.595. The SMILES string of the molecule is CC(C)CC(NC(=O)CNC(=O)C(CC(N)=O)NC(=O)[C@H](CO)NC(=O)C(CO)NC(=O)[C@H](CC(=O)O)NC(=O)C(CC(=O)O)NC(=O)CNC(=O)C(Cc1ccc(O)cc1)NC(=O)[C@H](CC(C)C)NN)C(=O)N[C@@H](CC(C)C)C(=O)NC(CCCCN)C(=O)N[C@@H](CCCCN)C(=O)NC(Cc1ccc(O)cc1)C(=O)N[C@@H](CCCNC(=N)N)C(=O)NC(CO)C(=O)O. The first kappa shape index (κ1) is 112. The highest BCUT2D eigenvalue weighted by Crippen LogP contribution is 2.18. The third-order valence-corrected chi connectivity index (χ3v) is 19.1. The highest BCUT2D eigenvalue weighted by molar-refractivity contribution is 6.02. The largest absolute Gasteiger partial charge is 0.508 e. The Hall–Kier alpha value is -13.0. The number of aliphatic carboxylic acids is 3. The van der Waals surface area contributed by atoms with Gasteiger partial charge in [-0.15, -0.1) is 0 Å². The third-order valence-electron chi connectivity index (χ3n) is 19.1. The highest BCUT2D eigenvalue weighted by atomic mass is 16.4. The number of nitrogens with two attached hydrogens (primary N) is 5. The van der Waals surface area contributed by atoms with E-state index in [0.29, 0.717) is 24.0 Å². The standard InChI is InChI=1S/C79H127N23O27/c1-39(2)26-49(70(120)94-50(27-40(3)4)71(121)92-46(12-7-9-23-80)67(117)91-47(13-8-10-24-81)68(118)96-52(30-43-17-21-45(107)22-18-43)72(122)93-48(14-11-25-86-79(83)84)69(119)101-59(38-105)78(128)129)89-61(109)34-88-66(116)53(31-60(82)108)97-76(126)57(36-103)100-77(127)58(37-104)99-74(124)55(33-64(113)114)98-73(123)54(32-63(111)112)90-62(110)35-87-65(115)51(29-42-15-19-44(106)20-16-42)95-75(125)56(102-85)28-41(5)6/h15-22,39-41,46-59,102-107H,7-14,23-38,80-81,85H2,1-6H3,(H2,82,108)(H,87,115)(H,88,116)(H,89,109)(H,90,110)(H,91,117)(H,92,121)(H,93,122)(H,94,120)(H,95,125)(H,96,118)(H,97,126)(H,98,123)(H,99,124)(H,100,127)(H,101,119)(H,111,112)(H,113,114)(H,128,129)(H4,83,84,86)/t46?,47-,48-,49?,50-,51?,52?,53?,54?,55-,56-,57-,58?,59?/m0/s1. The Morgan fingerprint density at radius 1 is 0.333 bits per heavy atom. The van der Waals surface area contributed by atoms with Gasteiger partial charge in [-0.2, -0.15) is 0 Å². The molecule has 50 heteroatoms. The number of phenolic OH excluding ortho intramolecular Hbond substituents is 2. The summed E-state index contributed by atoms with van der Waals surface area (Å²) in [5.74, 6) is -19.3. The van der Waals surface area contributed by atoms with Crippen molar-refractivity contribution in [3.05, 3.63) is 59.7 Å². The first-order valence-corrected chi connectivity index (χ1v) is 41.5. The zero-order valence-corrected chi connectivity index (χ0v) is 72.6. The molecule has 36 N–H and O–H groups in total. The summed E-state index contributed by atoms with van der Waals surface area (Å²) in [6.07, 6.45) is -3.26. The molecule has 0 radical (unpaired) electrons. The molecule has 2 aromatic rings. The monoisotopic (exact) mass is 1830 g/mol. The summed E-state index contributed by atoms with van der Waals surface area (Å²) >= 11 is 0. The second-order valence-electron chi connectivity index (χ2n) is 31.5. The van der Waals surface area contributed by atoms with E-state index >= 15 is 0 Å². The smallest absolute Gasteiger partial charge is 0.328 e. The molecule has 0 aliphatic carbocycles. The molecule has 14 atom stereocenters. The van der Waals surface area contributed by atoms with Gasteiger partial charge in [-0.05, 0) is 137 Å². The number of carbonyl (C=O) groups is 19. The van der Waals surface area contributed by atoms with Crippen molar-refractivity contribution < 1.29 is 132 Å². The molecule has 2 rings (SSSR count). The van der Waals surface area contributed by atoms with E-state index in [-0.39, 0.29) is 120 Å². The van der Waals surface area contributed by atoms with Crippen molar-refractivity contribution in [2.75, 3.05) is 52.5 Å². The molecule has 0 aromatic heterocycles. The average Bonchev–Trinajstić information content (AvgIpc) is 0.843. The molecule has 720 valence electrons. The van der Waals surface area contributed by atoms with Crippen molar-refractivity contribution in [3.8, 4) is 11.5 Å². The van der Waals surface area contributed by atoms with Crippen molar-refractivity contribution >= 4 is 118 Å². The number of carbonyl (C=O) groups excluding carboxylic acids is 16. The lowest BCUT2D eigenvalue weighted by Crippen LogP contribution is -2.61. The molecule has 0 saturated carbocycles. The van der Waals surface area contributed by atoms with Gasteiger partial charge in [0.15, 0.2) is 5.96 Å². The van der Waals surface area contributed by atoms with Crippen LogP contribution in [0.1, 0.15) is 143 Å². The molecule has 2 aromatic carbocycles. The second-order valence-corrected chi connectivity index (χ2v) is 31.5. The number of rotatable bonds is 63. The zero-order valence-electron chi connectivity index (χ0n) is 72.6. The Bertz CT molecular complexity index is 4110. The van der Waals surface area contributed by atoms with Crippen LogP contribution in [0.4, 0.5) is 0 Å². The topological polar surface area (TPSA) is 845 Å². The number of guanidine groups is 1. The van der Waals surface area contributed by atoms with Crippen molar-refractivity contribution in [2.24, 2.45) is 46.5 Å². The summed E-state index contributed by atoms with van der Waals surface area (Å²) in [4.78, 5) is 256.